The topological polar surface area (TPSA) is 75.3 Å². The van der Waals surface area contributed by atoms with E-state index in [9.17, 15) is 9.90 Å². The molecule has 4 heteroatoms. The van der Waals surface area contributed by atoms with E-state index in [0.29, 0.717) is 18.3 Å². The Morgan fingerprint density at radius 3 is 2.41 bits per heavy atom. The second-order valence-electron chi connectivity index (χ2n) is 6.33. The van der Waals surface area contributed by atoms with Crippen molar-refractivity contribution in [3.05, 3.63) is 0 Å². The van der Waals surface area contributed by atoms with Gasteiger partial charge in [0, 0.05) is 6.54 Å². The molecule has 0 saturated heterocycles. The maximum absolute atomic E-state index is 11.9. The molecular formula is C13H26N2O2. The zero-order valence-electron chi connectivity index (χ0n) is 11.4. The summed E-state index contributed by atoms with van der Waals surface area (Å²) in [7, 11) is 0. The van der Waals surface area contributed by atoms with E-state index in [2.05, 4.69) is 5.32 Å². The minimum absolute atomic E-state index is 0.149. The molecule has 0 heterocycles. The predicted molar refractivity (Wildman–Crippen MR) is 68.4 cm³/mol. The number of hydrogen-bond acceptors (Lipinski definition) is 3. The fraction of sp³-hybridized carbons (Fsp3) is 0.923. The highest BCUT2D eigenvalue weighted by atomic mass is 16.3. The summed E-state index contributed by atoms with van der Waals surface area (Å²) in [5.41, 5.74) is 4.36. The first kappa shape index (κ1) is 14.5. The molecule has 1 fully saturated rings. The van der Waals surface area contributed by atoms with Crippen LogP contribution in [0.25, 0.3) is 0 Å². The zero-order valence-corrected chi connectivity index (χ0v) is 11.4. The van der Waals surface area contributed by atoms with Crippen molar-refractivity contribution in [2.24, 2.45) is 17.6 Å². The summed E-state index contributed by atoms with van der Waals surface area (Å²) in [4.78, 5) is 11.9. The van der Waals surface area contributed by atoms with Gasteiger partial charge in [-0.15, -0.1) is 0 Å². The number of rotatable bonds is 6. The molecule has 100 valence electrons. The number of hydrogen-bond donors (Lipinski definition) is 3. The average Bonchev–Trinajstić information content (AvgIpc) is 2.94. The molecule has 0 aromatic carbocycles. The van der Waals surface area contributed by atoms with Crippen LogP contribution in [0.4, 0.5) is 0 Å². The van der Waals surface area contributed by atoms with Crippen LogP contribution in [0.1, 0.15) is 47.0 Å². The summed E-state index contributed by atoms with van der Waals surface area (Å²) in [6.07, 6.45) is 2.73. The molecule has 2 unspecified atom stereocenters. The molecule has 17 heavy (non-hydrogen) atoms. The molecule has 0 aromatic heterocycles. The van der Waals surface area contributed by atoms with E-state index in [0.717, 1.165) is 12.8 Å². The van der Waals surface area contributed by atoms with Crippen LogP contribution in [0.3, 0.4) is 0 Å². The van der Waals surface area contributed by atoms with Crippen molar-refractivity contribution in [3.8, 4) is 0 Å². The molecule has 0 aliphatic heterocycles. The van der Waals surface area contributed by atoms with E-state index in [-0.39, 0.29) is 12.5 Å². The Kier molecular flexibility index (Phi) is 4.20. The first-order valence-corrected chi connectivity index (χ1v) is 6.45. The number of carbonyl (C=O) groups is 1. The molecule has 1 rings (SSSR count). The highest BCUT2D eigenvalue weighted by Gasteiger charge is 2.44. The minimum atomic E-state index is -0.858. The van der Waals surface area contributed by atoms with Gasteiger partial charge >= 0.3 is 0 Å². The number of nitrogens with two attached hydrogens (primary N) is 1. The second-order valence-corrected chi connectivity index (χ2v) is 6.33. The lowest BCUT2D eigenvalue weighted by molar-refractivity contribution is -0.127. The van der Waals surface area contributed by atoms with Gasteiger partial charge in [-0.2, -0.15) is 0 Å². The largest absolute Gasteiger partial charge is 0.388 e. The molecule has 1 aliphatic rings. The molecule has 2 atom stereocenters. The Hall–Kier alpha value is -0.610. The molecule has 0 spiro atoms. The van der Waals surface area contributed by atoms with Crippen molar-refractivity contribution in [2.45, 2.75) is 58.1 Å². The van der Waals surface area contributed by atoms with E-state index < -0.39 is 11.1 Å². The summed E-state index contributed by atoms with van der Waals surface area (Å²) in [5, 5.41) is 12.9. The smallest absolute Gasteiger partial charge is 0.240 e. The van der Waals surface area contributed by atoms with E-state index in [4.69, 9.17) is 5.73 Å². The van der Waals surface area contributed by atoms with Gasteiger partial charge in [-0.05, 0) is 44.9 Å². The van der Waals surface area contributed by atoms with Gasteiger partial charge in [-0.25, -0.2) is 0 Å². The van der Waals surface area contributed by atoms with Crippen LogP contribution < -0.4 is 11.1 Å². The maximum atomic E-state index is 11.9. The average molecular weight is 242 g/mol. The van der Waals surface area contributed by atoms with Gasteiger partial charge < -0.3 is 16.2 Å². The van der Waals surface area contributed by atoms with Gasteiger partial charge in [0.2, 0.25) is 5.91 Å². The van der Waals surface area contributed by atoms with Gasteiger partial charge in [0.1, 0.15) is 0 Å². The third-order valence-corrected chi connectivity index (χ3v) is 3.39. The van der Waals surface area contributed by atoms with E-state index in [1.807, 2.05) is 13.8 Å². The van der Waals surface area contributed by atoms with Gasteiger partial charge in [0.25, 0.3) is 0 Å². The molecule has 1 saturated carbocycles. The number of aliphatic hydroxyl groups is 1. The predicted octanol–water partition coefficient (Wildman–Crippen LogP) is 1.03. The third kappa shape index (κ3) is 4.28. The number of amides is 1. The Balaban J connectivity index is 2.42. The van der Waals surface area contributed by atoms with Crippen molar-refractivity contribution in [1.29, 1.82) is 0 Å². The zero-order chi connectivity index (χ0) is 13.3. The third-order valence-electron chi connectivity index (χ3n) is 3.39. The SMILES string of the molecule is CC(C)CC(C)(O)CNC(=O)C(C)(N)C1CC1. The number of carbonyl (C=O) groups excluding carboxylic acids is 1. The Bertz CT molecular complexity index is 281. The summed E-state index contributed by atoms with van der Waals surface area (Å²) in [5.74, 6) is 0.552. The highest BCUT2D eigenvalue weighted by Crippen LogP contribution is 2.38. The van der Waals surface area contributed by atoms with Crippen LogP contribution in [-0.2, 0) is 4.79 Å². The van der Waals surface area contributed by atoms with Crippen LogP contribution in [0.15, 0.2) is 0 Å². The van der Waals surface area contributed by atoms with E-state index in [1.165, 1.54) is 0 Å². The van der Waals surface area contributed by atoms with Gasteiger partial charge in [-0.1, -0.05) is 13.8 Å². The Morgan fingerprint density at radius 1 is 1.47 bits per heavy atom. The van der Waals surface area contributed by atoms with Gasteiger partial charge in [-0.3, -0.25) is 4.79 Å². The van der Waals surface area contributed by atoms with Crippen LogP contribution in [0.2, 0.25) is 0 Å². The van der Waals surface area contributed by atoms with Crippen molar-refractivity contribution in [3.63, 3.8) is 0 Å². The Labute approximate surface area is 104 Å². The standard InChI is InChI=1S/C13H26N2O2/c1-9(2)7-12(3,17)8-15-11(16)13(4,14)10-5-6-10/h9-10,17H,5-8,14H2,1-4H3,(H,15,16). The van der Waals surface area contributed by atoms with Gasteiger partial charge in [0.05, 0.1) is 11.1 Å². The fourth-order valence-corrected chi connectivity index (χ4v) is 2.28. The highest BCUT2D eigenvalue weighted by molar-refractivity contribution is 5.86. The normalized spacial score (nSPS) is 23.0. The van der Waals surface area contributed by atoms with Crippen LogP contribution in [0, 0.1) is 11.8 Å². The second kappa shape index (κ2) is 4.94. The molecule has 0 radical (unpaired) electrons. The molecular weight excluding hydrogens is 216 g/mol. The first-order valence-electron chi connectivity index (χ1n) is 6.45. The molecule has 4 nitrogen and oxygen atoms in total. The molecule has 0 aromatic rings. The van der Waals surface area contributed by atoms with E-state index >= 15 is 0 Å². The summed E-state index contributed by atoms with van der Waals surface area (Å²) >= 11 is 0. The first-order chi connectivity index (χ1) is 7.65. The fourth-order valence-electron chi connectivity index (χ4n) is 2.28. The lowest BCUT2D eigenvalue weighted by atomic mass is 9.92. The lowest BCUT2D eigenvalue weighted by Crippen LogP contribution is -2.56. The van der Waals surface area contributed by atoms with E-state index in [1.54, 1.807) is 13.8 Å². The molecule has 4 N–H and O–H groups in total. The van der Waals surface area contributed by atoms with Crippen LogP contribution in [0.5, 0.6) is 0 Å². The van der Waals surface area contributed by atoms with Crippen molar-refractivity contribution in [2.75, 3.05) is 6.54 Å². The Morgan fingerprint density at radius 2 is 2.00 bits per heavy atom. The molecule has 1 amide bonds. The van der Waals surface area contributed by atoms with Gasteiger partial charge in [0.15, 0.2) is 0 Å². The van der Waals surface area contributed by atoms with Crippen molar-refractivity contribution in [1.82, 2.24) is 5.32 Å². The molecule has 0 bridgehead atoms. The molecule has 1 aliphatic carbocycles. The van der Waals surface area contributed by atoms with Crippen molar-refractivity contribution >= 4 is 5.91 Å². The minimum Gasteiger partial charge on any atom is -0.388 e. The summed E-state index contributed by atoms with van der Waals surface area (Å²) < 4.78 is 0. The maximum Gasteiger partial charge on any atom is 0.240 e. The number of nitrogens with one attached hydrogen (secondary N) is 1. The van der Waals surface area contributed by atoms with Crippen molar-refractivity contribution < 1.29 is 9.90 Å². The summed E-state index contributed by atoms with van der Waals surface area (Å²) in [6, 6.07) is 0. The quantitative estimate of drug-likeness (QED) is 0.651. The van der Waals surface area contributed by atoms with Crippen LogP contribution in [-0.4, -0.2) is 28.7 Å². The summed E-state index contributed by atoms with van der Waals surface area (Å²) in [6.45, 7) is 7.89. The monoisotopic (exact) mass is 242 g/mol. The van der Waals surface area contributed by atoms with Crippen LogP contribution >= 0.6 is 0 Å². The lowest BCUT2D eigenvalue weighted by Gasteiger charge is -2.29.